The van der Waals surface area contributed by atoms with Crippen molar-refractivity contribution < 1.29 is 13.9 Å². The van der Waals surface area contributed by atoms with E-state index in [4.69, 9.17) is 9.15 Å². The molecule has 0 aliphatic carbocycles. The quantitative estimate of drug-likeness (QED) is 0.726. The van der Waals surface area contributed by atoms with E-state index in [1.807, 2.05) is 23.2 Å². The molecule has 1 fully saturated rings. The number of piperidine rings is 1. The molecule has 0 atom stereocenters. The minimum absolute atomic E-state index is 0.0426. The highest BCUT2D eigenvalue weighted by molar-refractivity contribution is 5.91. The molecule has 0 aromatic carbocycles. The van der Waals surface area contributed by atoms with Gasteiger partial charge >= 0.3 is 0 Å². The van der Waals surface area contributed by atoms with E-state index in [-0.39, 0.29) is 11.9 Å². The molecule has 0 radical (unpaired) electrons. The molecular formula is C20H27N3O3. The van der Waals surface area contributed by atoms with Crippen LogP contribution in [0.5, 0.6) is 0 Å². The second-order valence-electron chi connectivity index (χ2n) is 6.61. The molecule has 0 unspecified atom stereocenters. The summed E-state index contributed by atoms with van der Waals surface area (Å²) in [6.45, 7) is 4.12. The molecular weight excluding hydrogens is 330 g/mol. The van der Waals surface area contributed by atoms with Crippen molar-refractivity contribution in [2.24, 2.45) is 0 Å². The number of aromatic nitrogens is 1. The number of nitrogens with zero attached hydrogens (tertiary/aromatic N) is 3. The number of carbonyl (C=O) groups is 1. The minimum atomic E-state index is -0.0426. The van der Waals surface area contributed by atoms with E-state index in [2.05, 4.69) is 16.0 Å². The Morgan fingerprint density at radius 2 is 2.15 bits per heavy atom. The Labute approximate surface area is 154 Å². The maximum atomic E-state index is 12.8. The molecule has 2 aromatic rings. The number of carbonyl (C=O) groups excluding carboxylic acids is 1. The first-order chi connectivity index (χ1) is 12.8. The lowest BCUT2D eigenvalue weighted by Crippen LogP contribution is -2.48. The number of methoxy groups -OCH3 is 1. The van der Waals surface area contributed by atoms with Gasteiger partial charge in [0.05, 0.1) is 12.9 Å². The second-order valence-corrected chi connectivity index (χ2v) is 6.61. The van der Waals surface area contributed by atoms with Crippen molar-refractivity contribution in [1.29, 1.82) is 0 Å². The van der Waals surface area contributed by atoms with Crippen LogP contribution in [0, 0.1) is 0 Å². The SMILES string of the molecule is COCCN(C(=O)c1ccco1)C1CCN(CCc2ccccn2)CC1. The third kappa shape index (κ3) is 4.93. The normalized spacial score (nSPS) is 15.9. The zero-order valence-corrected chi connectivity index (χ0v) is 15.3. The molecule has 3 heterocycles. The molecule has 0 bridgehead atoms. The van der Waals surface area contributed by atoms with Gasteiger partial charge in [-0.2, -0.15) is 0 Å². The van der Waals surface area contributed by atoms with E-state index in [0.29, 0.717) is 18.9 Å². The third-order valence-corrected chi connectivity index (χ3v) is 4.94. The van der Waals surface area contributed by atoms with Crippen LogP contribution in [-0.2, 0) is 11.2 Å². The fourth-order valence-electron chi connectivity index (χ4n) is 3.45. The smallest absolute Gasteiger partial charge is 0.289 e. The Hall–Kier alpha value is -2.18. The fraction of sp³-hybridized carbons (Fsp3) is 0.500. The number of hydrogen-bond acceptors (Lipinski definition) is 5. The molecule has 0 spiro atoms. The summed E-state index contributed by atoms with van der Waals surface area (Å²) in [5.74, 6) is 0.359. The van der Waals surface area contributed by atoms with Crippen molar-refractivity contribution in [1.82, 2.24) is 14.8 Å². The average molecular weight is 357 g/mol. The van der Waals surface area contributed by atoms with Gasteiger partial charge in [-0.15, -0.1) is 0 Å². The number of rotatable bonds is 8. The van der Waals surface area contributed by atoms with Gasteiger partial charge in [0.1, 0.15) is 0 Å². The largest absolute Gasteiger partial charge is 0.459 e. The number of hydrogen-bond donors (Lipinski definition) is 0. The molecule has 1 aliphatic rings. The third-order valence-electron chi connectivity index (χ3n) is 4.94. The summed E-state index contributed by atoms with van der Waals surface area (Å²) in [5, 5.41) is 0. The van der Waals surface area contributed by atoms with E-state index < -0.39 is 0 Å². The first-order valence-electron chi connectivity index (χ1n) is 9.23. The van der Waals surface area contributed by atoms with Gasteiger partial charge in [-0.05, 0) is 37.1 Å². The van der Waals surface area contributed by atoms with E-state index in [9.17, 15) is 4.79 Å². The second kappa shape index (κ2) is 9.50. The summed E-state index contributed by atoms with van der Waals surface area (Å²) >= 11 is 0. The summed E-state index contributed by atoms with van der Waals surface area (Å²) < 4.78 is 10.5. The first-order valence-corrected chi connectivity index (χ1v) is 9.23. The maximum absolute atomic E-state index is 12.8. The number of amides is 1. The summed E-state index contributed by atoms with van der Waals surface area (Å²) in [5.41, 5.74) is 1.13. The predicted octanol–water partition coefficient (Wildman–Crippen LogP) is 2.47. The van der Waals surface area contributed by atoms with Gasteiger partial charge in [-0.25, -0.2) is 0 Å². The standard InChI is InChI=1S/C20H27N3O3/c1-25-16-14-23(20(24)19-6-4-15-26-19)18-8-12-22(13-9-18)11-7-17-5-2-3-10-21-17/h2-6,10,15,18H,7-9,11-14,16H2,1H3. The zero-order chi connectivity index (χ0) is 18.2. The van der Waals surface area contributed by atoms with Crippen LogP contribution in [0.15, 0.2) is 47.2 Å². The van der Waals surface area contributed by atoms with Crippen LogP contribution in [0.2, 0.25) is 0 Å². The highest BCUT2D eigenvalue weighted by Gasteiger charge is 2.29. The van der Waals surface area contributed by atoms with Crippen molar-refractivity contribution in [2.45, 2.75) is 25.3 Å². The number of pyridine rings is 1. The first kappa shape index (κ1) is 18.6. The topological polar surface area (TPSA) is 58.8 Å². The van der Waals surface area contributed by atoms with Gasteiger partial charge in [0.25, 0.3) is 5.91 Å². The average Bonchev–Trinajstić information content (AvgIpc) is 3.23. The fourth-order valence-corrected chi connectivity index (χ4v) is 3.45. The molecule has 6 heteroatoms. The highest BCUT2D eigenvalue weighted by Crippen LogP contribution is 2.19. The monoisotopic (exact) mass is 357 g/mol. The molecule has 26 heavy (non-hydrogen) atoms. The van der Waals surface area contributed by atoms with Gasteiger partial charge in [0.2, 0.25) is 0 Å². The lowest BCUT2D eigenvalue weighted by atomic mass is 10.0. The lowest BCUT2D eigenvalue weighted by molar-refractivity contribution is 0.0458. The van der Waals surface area contributed by atoms with E-state index in [1.54, 1.807) is 25.5 Å². The van der Waals surface area contributed by atoms with Crippen LogP contribution in [0.3, 0.4) is 0 Å². The van der Waals surface area contributed by atoms with E-state index in [0.717, 1.165) is 44.6 Å². The van der Waals surface area contributed by atoms with Crippen LogP contribution in [0.25, 0.3) is 0 Å². The van der Waals surface area contributed by atoms with Gasteiger partial charge in [0.15, 0.2) is 5.76 Å². The Morgan fingerprint density at radius 1 is 1.31 bits per heavy atom. The number of ether oxygens (including phenoxy) is 1. The molecule has 3 rings (SSSR count). The van der Waals surface area contributed by atoms with Crippen LogP contribution in [0.4, 0.5) is 0 Å². The Kier molecular flexibility index (Phi) is 6.80. The van der Waals surface area contributed by atoms with Crippen LogP contribution in [-0.4, -0.2) is 66.6 Å². The zero-order valence-electron chi connectivity index (χ0n) is 15.3. The van der Waals surface area contributed by atoms with Gasteiger partial charge in [-0.3, -0.25) is 9.78 Å². The van der Waals surface area contributed by atoms with Crippen molar-refractivity contribution in [3.63, 3.8) is 0 Å². The van der Waals surface area contributed by atoms with Crippen LogP contribution < -0.4 is 0 Å². The Balaban J connectivity index is 1.52. The predicted molar refractivity (Wildman–Crippen MR) is 99.0 cm³/mol. The summed E-state index contributed by atoms with van der Waals surface area (Å²) in [7, 11) is 1.66. The summed E-state index contributed by atoms with van der Waals surface area (Å²) in [6.07, 6.45) is 6.29. The van der Waals surface area contributed by atoms with Gasteiger partial charge in [-0.1, -0.05) is 6.07 Å². The van der Waals surface area contributed by atoms with Crippen molar-refractivity contribution in [2.75, 3.05) is 39.9 Å². The molecule has 1 saturated heterocycles. The molecule has 6 nitrogen and oxygen atoms in total. The van der Waals surface area contributed by atoms with Crippen molar-refractivity contribution >= 4 is 5.91 Å². The molecule has 1 amide bonds. The summed E-state index contributed by atoms with van der Waals surface area (Å²) in [4.78, 5) is 21.5. The molecule has 0 saturated carbocycles. The Bertz CT molecular complexity index is 652. The summed E-state index contributed by atoms with van der Waals surface area (Å²) in [6, 6.07) is 9.75. The molecule has 0 N–H and O–H groups in total. The maximum Gasteiger partial charge on any atom is 0.289 e. The lowest BCUT2D eigenvalue weighted by Gasteiger charge is -2.38. The van der Waals surface area contributed by atoms with E-state index >= 15 is 0 Å². The van der Waals surface area contributed by atoms with Crippen molar-refractivity contribution in [3.05, 3.63) is 54.2 Å². The van der Waals surface area contributed by atoms with Gasteiger partial charge < -0.3 is 19.0 Å². The van der Waals surface area contributed by atoms with Crippen LogP contribution in [0.1, 0.15) is 29.1 Å². The number of furan rings is 1. The molecule has 1 aliphatic heterocycles. The van der Waals surface area contributed by atoms with Crippen LogP contribution >= 0.6 is 0 Å². The minimum Gasteiger partial charge on any atom is -0.459 e. The highest BCUT2D eigenvalue weighted by atomic mass is 16.5. The Morgan fingerprint density at radius 3 is 2.81 bits per heavy atom. The molecule has 140 valence electrons. The van der Waals surface area contributed by atoms with E-state index in [1.165, 1.54) is 0 Å². The van der Waals surface area contributed by atoms with Crippen molar-refractivity contribution in [3.8, 4) is 0 Å². The van der Waals surface area contributed by atoms with Gasteiger partial charge in [0, 0.05) is 57.6 Å². The number of likely N-dealkylation sites (tertiary alicyclic amines) is 1. The molecule has 2 aromatic heterocycles.